The highest BCUT2D eigenvalue weighted by Gasteiger charge is 2.38. The Bertz CT molecular complexity index is 785. The van der Waals surface area contributed by atoms with E-state index in [1.165, 1.54) is 0 Å². The Morgan fingerprint density at radius 1 is 1.11 bits per heavy atom. The Morgan fingerprint density at radius 2 is 1.74 bits per heavy atom. The average Bonchev–Trinajstić information content (AvgIpc) is 2.54. The molecule has 0 atom stereocenters. The molecule has 0 aliphatic carbocycles. The molecule has 144 valence electrons. The van der Waals surface area contributed by atoms with Crippen LogP contribution in [-0.2, 0) is 0 Å². The van der Waals surface area contributed by atoms with Crippen LogP contribution in [0.3, 0.4) is 0 Å². The van der Waals surface area contributed by atoms with Crippen molar-refractivity contribution in [2.75, 3.05) is 0 Å². The summed E-state index contributed by atoms with van der Waals surface area (Å²) in [6.45, 7) is 8.71. The van der Waals surface area contributed by atoms with Crippen LogP contribution in [0.15, 0.2) is 42.6 Å². The zero-order valence-electron chi connectivity index (χ0n) is 16.2. The molecule has 1 aromatic carbocycles. The van der Waals surface area contributed by atoms with Gasteiger partial charge in [-0.3, -0.25) is 4.79 Å². The number of benzene rings is 1. The van der Waals surface area contributed by atoms with E-state index in [2.05, 4.69) is 65.9 Å². The highest BCUT2D eigenvalue weighted by Crippen LogP contribution is 2.29. The molecule has 1 aliphatic rings. The maximum Gasteiger partial charge on any atom is 0.251 e. The Kier molecular flexibility index (Phi) is 5.76. The summed E-state index contributed by atoms with van der Waals surface area (Å²) in [5, 5.41) is 6.82. The maximum absolute atomic E-state index is 12.7. The molecule has 1 saturated heterocycles. The number of pyridine rings is 1. The highest BCUT2D eigenvalue weighted by molar-refractivity contribution is 14.1. The number of aromatic nitrogens is 1. The fourth-order valence-electron chi connectivity index (χ4n) is 3.91. The number of hydrogen-bond donors (Lipinski definition) is 2. The molecule has 0 spiro atoms. The van der Waals surface area contributed by atoms with Gasteiger partial charge in [0.25, 0.3) is 5.91 Å². The number of ether oxygens (including phenoxy) is 1. The van der Waals surface area contributed by atoms with Gasteiger partial charge in [0, 0.05) is 38.5 Å². The second-order valence-corrected chi connectivity index (χ2v) is 9.66. The third kappa shape index (κ3) is 5.65. The van der Waals surface area contributed by atoms with E-state index in [0.29, 0.717) is 17.2 Å². The molecule has 2 N–H and O–H groups in total. The predicted octanol–water partition coefficient (Wildman–Crippen LogP) is 4.52. The number of carbonyl (C=O) groups excluding carboxylic acids is 1. The monoisotopic (exact) mass is 479 g/mol. The molecule has 0 saturated carbocycles. The molecule has 1 aromatic heterocycles. The van der Waals surface area contributed by atoms with Crippen LogP contribution in [0.1, 0.15) is 50.9 Å². The minimum absolute atomic E-state index is 0.00209. The molecule has 1 aliphatic heterocycles. The Hall–Kier alpha value is -1.67. The Morgan fingerprint density at radius 3 is 2.30 bits per heavy atom. The summed E-state index contributed by atoms with van der Waals surface area (Å²) >= 11 is 2.20. The van der Waals surface area contributed by atoms with Gasteiger partial charge >= 0.3 is 0 Å². The summed E-state index contributed by atoms with van der Waals surface area (Å²) in [5.74, 6) is 1.14. The number of halogens is 1. The van der Waals surface area contributed by atoms with Gasteiger partial charge in [-0.25, -0.2) is 4.98 Å². The van der Waals surface area contributed by atoms with Gasteiger partial charge in [-0.05, 0) is 93.5 Å². The molecular weight excluding hydrogens is 453 g/mol. The zero-order valence-corrected chi connectivity index (χ0v) is 18.3. The highest BCUT2D eigenvalue weighted by atomic mass is 127. The second-order valence-electron chi connectivity index (χ2n) is 8.41. The van der Waals surface area contributed by atoms with Gasteiger partial charge in [0.05, 0.1) is 0 Å². The summed E-state index contributed by atoms with van der Waals surface area (Å²) in [6, 6.07) is 11.1. The topological polar surface area (TPSA) is 63.2 Å². The summed E-state index contributed by atoms with van der Waals surface area (Å²) in [7, 11) is 0. The SMILES string of the molecule is CC1(C)CC(NC(=O)c2ccc(Oc3ccc(I)cn3)cc2)CC(C)(C)N1. The number of nitrogens with one attached hydrogen (secondary N) is 2. The van der Waals surface area contributed by atoms with Crippen molar-refractivity contribution < 1.29 is 9.53 Å². The van der Waals surface area contributed by atoms with E-state index in [1.54, 1.807) is 30.5 Å². The number of nitrogens with zero attached hydrogens (tertiary/aromatic N) is 1. The predicted molar refractivity (Wildman–Crippen MR) is 115 cm³/mol. The van der Waals surface area contributed by atoms with E-state index in [4.69, 9.17) is 4.74 Å². The lowest BCUT2D eigenvalue weighted by Crippen LogP contribution is -2.62. The average molecular weight is 479 g/mol. The molecule has 2 aromatic rings. The van der Waals surface area contributed by atoms with Crippen molar-refractivity contribution in [1.82, 2.24) is 15.6 Å². The van der Waals surface area contributed by atoms with Gasteiger partial charge in [0.15, 0.2) is 0 Å². The normalized spacial score (nSPS) is 18.7. The van der Waals surface area contributed by atoms with Crippen LogP contribution in [0.2, 0.25) is 0 Å². The van der Waals surface area contributed by atoms with Gasteiger partial charge in [0.2, 0.25) is 5.88 Å². The zero-order chi connectivity index (χ0) is 19.7. The first kappa shape index (κ1) is 20.1. The number of hydrogen-bond acceptors (Lipinski definition) is 4. The largest absolute Gasteiger partial charge is 0.439 e. The summed E-state index contributed by atoms with van der Waals surface area (Å²) < 4.78 is 6.77. The van der Waals surface area contributed by atoms with E-state index in [0.717, 1.165) is 16.4 Å². The van der Waals surface area contributed by atoms with E-state index < -0.39 is 0 Å². The third-order valence-corrected chi connectivity index (χ3v) is 5.20. The second kappa shape index (κ2) is 7.75. The van der Waals surface area contributed by atoms with Crippen molar-refractivity contribution in [3.8, 4) is 11.6 Å². The van der Waals surface area contributed by atoms with E-state index in [-0.39, 0.29) is 23.0 Å². The fourth-order valence-corrected chi connectivity index (χ4v) is 4.23. The lowest BCUT2D eigenvalue weighted by molar-refractivity contribution is 0.0873. The minimum atomic E-state index is -0.0487. The molecule has 0 bridgehead atoms. The standard InChI is InChI=1S/C21H26IN3O2/c1-20(2)11-16(12-21(3,4)25-20)24-19(26)14-5-8-17(9-6-14)27-18-10-7-15(22)13-23-18/h5-10,13,16,25H,11-12H2,1-4H3,(H,24,26). The first-order valence-corrected chi connectivity index (χ1v) is 10.2. The summed E-state index contributed by atoms with van der Waals surface area (Å²) in [6.07, 6.45) is 3.56. The van der Waals surface area contributed by atoms with Crippen LogP contribution in [0, 0.1) is 3.57 Å². The minimum Gasteiger partial charge on any atom is -0.439 e. The molecule has 3 rings (SSSR count). The third-order valence-electron chi connectivity index (χ3n) is 4.56. The number of rotatable bonds is 4. The summed E-state index contributed by atoms with van der Waals surface area (Å²) in [5.41, 5.74) is 0.627. The van der Waals surface area contributed by atoms with Gasteiger partial charge in [-0.15, -0.1) is 0 Å². The van der Waals surface area contributed by atoms with E-state index in [1.807, 2.05) is 12.1 Å². The molecule has 1 fully saturated rings. The van der Waals surface area contributed by atoms with Crippen LogP contribution >= 0.6 is 22.6 Å². The molecular formula is C21H26IN3O2. The van der Waals surface area contributed by atoms with Crippen molar-refractivity contribution in [2.45, 2.75) is 57.7 Å². The van der Waals surface area contributed by atoms with Crippen molar-refractivity contribution >= 4 is 28.5 Å². The molecule has 0 radical (unpaired) electrons. The van der Waals surface area contributed by atoms with Crippen LogP contribution in [-0.4, -0.2) is 28.0 Å². The van der Waals surface area contributed by atoms with Crippen LogP contribution in [0.4, 0.5) is 0 Å². The van der Waals surface area contributed by atoms with Gasteiger partial charge in [-0.2, -0.15) is 0 Å². The van der Waals surface area contributed by atoms with E-state index in [9.17, 15) is 4.79 Å². The summed E-state index contributed by atoms with van der Waals surface area (Å²) in [4.78, 5) is 16.9. The van der Waals surface area contributed by atoms with E-state index >= 15 is 0 Å². The lowest BCUT2D eigenvalue weighted by atomic mass is 9.79. The van der Waals surface area contributed by atoms with Crippen LogP contribution in [0.5, 0.6) is 11.6 Å². The van der Waals surface area contributed by atoms with Gasteiger partial charge in [0.1, 0.15) is 5.75 Å². The Labute approximate surface area is 174 Å². The molecule has 5 nitrogen and oxygen atoms in total. The van der Waals surface area contributed by atoms with Gasteiger partial charge < -0.3 is 15.4 Å². The molecule has 27 heavy (non-hydrogen) atoms. The van der Waals surface area contributed by atoms with Crippen molar-refractivity contribution in [1.29, 1.82) is 0 Å². The van der Waals surface area contributed by atoms with Crippen molar-refractivity contribution in [3.63, 3.8) is 0 Å². The molecule has 0 unspecified atom stereocenters. The molecule has 1 amide bonds. The number of piperidine rings is 1. The van der Waals surface area contributed by atoms with Crippen LogP contribution < -0.4 is 15.4 Å². The molecule has 2 heterocycles. The van der Waals surface area contributed by atoms with Crippen LogP contribution in [0.25, 0.3) is 0 Å². The quantitative estimate of drug-likeness (QED) is 0.634. The molecule has 6 heteroatoms. The van der Waals surface area contributed by atoms with Crippen molar-refractivity contribution in [3.05, 3.63) is 51.7 Å². The Balaban J connectivity index is 1.63. The van der Waals surface area contributed by atoms with Crippen molar-refractivity contribution in [2.24, 2.45) is 0 Å². The van der Waals surface area contributed by atoms with Gasteiger partial charge in [-0.1, -0.05) is 0 Å². The fraction of sp³-hybridized carbons (Fsp3) is 0.429. The number of carbonyl (C=O) groups is 1. The maximum atomic E-state index is 12.7. The first-order chi connectivity index (χ1) is 12.6. The smallest absolute Gasteiger partial charge is 0.251 e. The lowest BCUT2D eigenvalue weighted by Gasteiger charge is -2.46. The first-order valence-electron chi connectivity index (χ1n) is 9.12. The number of amides is 1.